The zero-order valence-electron chi connectivity index (χ0n) is 16.3. The predicted octanol–water partition coefficient (Wildman–Crippen LogP) is 2.53. The van der Waals surface area contributed by atoms with E-state index in [-0.39, 0.29) is 17.8 Å². The third-order valence-electron chi connectivity index (χ3n) is 4.46. The lowest BCUT2D eigenvalue weighted by molar-refractivity contribution is -0.150. The number of carbonyl (C=O) groups excluding carboxylic acids is 2. The van der Waals surface area contributed by atoms with Gasteiger partial charge in [-0.25, -0.2) is 0 Å². The van der Waals surface area contributed by atoms with Crippen molar-refractivity contribution in [2.75, 3.05) is 41.0 Å². The number of amides is 1. The monoisotopic (exact) mass is 377 g/mol. The summed E-state index contributed by atoms with van der Waals surface area (Å²) < 4.78 is 21.0. The molecule has 0 aliphatic carbocycles. The zero-order valence-corrected chi connectivity index (χ0v) is 16.3. The highest BCUT2D eigenvalue weighted by Gasteiger charge is 2.28. The molecule has 0 unspecified atom stereocenters. The van der Waals surface area contributed by atoms with E-state index >= 15 is 0 Å². The topological polar surface area (TPSA) is 74.3 Å². The smallest absolute Gasteiger partial charge is 0.310 e. The van der Waals surface area contributed by atoms with Crippen molar-refractivity contribution in [3.05, 3.63) is 23.8 Å². The lowest BCUT2D eigenvalue weighted by atomic mass is 9.98. The average Bonchev–Trinajstić information content (AvgIpc) is 2.71. The van der Waals surface area contributed by atoms with Gasteiger partial charge in [-0.15, -0.1) is 0 Å². The Kier molecular flexibility index (Phi) is 7.52. The van der Waals surface area contributed by atoms with E-state index in [4.69, 9.17) is 18.9 Å². The molecule has 1 aromatic rings. The molecule has 7 nitrogen and oxygen atoms in total. The summed E-state index contributed by atoms with van der Waals surface area (Å²) in [5.41, 5.74) is 0.747. The number of benzene rings is 1. The molecule has 0 bridgehead atoms. The number of piperidine rings is 1. The van der Waals surface area contributed by atoms with Gasteiger partial charge < -0.3 is 23.8 Å². The van der Waals surface area contributed by atoms with E-state index in [0.29, 0.717) is 36.9 Å². The van der Waals surface area contributed by atoms with Crippen LogP contribution in [0, 0.1) is 5.92 Å². The first kappa shape index (κ1) is 20.6. The first-order valence-electron chi connectivity index (χ1n) is 8.97. The molecule has 1 saturated heterocycles. The maximum absolute atomic E-state index is 12.5. The molecular formula is C20H27NO6. The van der Waals surface area contributed by atoms with E-state index in [2.05, 4.69) is 0 Å². The number of nitrogens with zero attached hydrogens (tertiary/aromatic N) is 1. The number of rotatable bonds is 7. The molecule has 148 valence electrons. The van der Waals surface area contributed by atoms with Crippen LogP contribution in [0.5, 0.6) is 17.2 Å². The van der Waals surface area contributed by atoms with Crippen molar-refractivity contribution >= 4 is 18.0 Å². The van der Waals surface area contributed by atoms with E-state index in [1.54, 1.807) is 44.3 Å². The predicted molar refractivity (Wildman–Crippen MR) is 101 cm³/mol. The lowest BCUT2D eigenvalue weighted by Crippen LogP contribution is -2.42. The van der Waals surface area contributed by atoms with Crippen molar-refractivity contribution in [2.24, 2.45) is 5.92 Å². The van der Waals surface area contributed by atoms with E-state index in [9.17, 15) is 9.59 Å². The fourth-order valence-electron chi connectivity index (χ4n) is 3.10. The van der Waals surface area contributed by atoms with Gasteiger partial charge in [-0.2, -0.15) is 0 Å². The van der Waals surface area contributed by atoms with Crippen LogP contribution in [0.15, 0.2) is 18.2 Å². The van der Waals surface area contributed by atoms with Gasteiger partial charge in [0.15, 0.2) is 11.5 Å². The Morgan fingerprint density at radius 1 is 1.15 bits per heavy atom. The number of carbonyl (C=O) groups is 2. The van der Waals surface area contributed by atoms with E-state index < -0.39 is 0 Å². The second-order valence-corrected chi connectivity index (χ2v) is 6.17. The number of hydrogen-bond donors (Lipinski definition) is 0. The molecule has 0 radical (unpaired) electrons. The first-order valence-corrected chi connectivity index (χ1v) is 8.97. The second kappa shape index (κ2) is 9.85. The Balaban J connectivity index is 2.10. The first-order chi connectivity index (χ1) is 13.0. The molecule has 2 rings (SSSR count). The molecule has 1 amide bonds. The largest absolute Gasteiger partial charge is 0.493 e. The van der Waals surface area contributed by atoms with E-state index in [0.717, 1.165) is 18.4 Å². The summed E-state index contributed by atoms with van der Waals surface area (Å²) in [6.45, 7) is 3.15. The molecule has 1 heterocycles. The molecule has 0 aromatic heterocycles. The van der Waals surface area contributed by atoms with Crippen molar-refractivity contribution < 1.29 is 28.5 Å². The van der Waals surface area contributed by atoms with Crippen LogP contribution in [0.4, 0.5) is 0 Å². The maximum Gasteiger partial charge on any atom is 0.310 e. The van der Waals surface area contributed by atoms with Crippen LogP contribution in [-0.2, 0) is 14.3 Å². The highest BCUT2D eigenvalue weighted by molar-refractivity contribution is 5.92. The zero-order chi connectivity index (χ0) is 19.8. The number of ether oxygens (including phenoxy) is 4. The van der Waals surface area contributed by atoms with Crippen LogP contribution in [0.25, 0.3) is 6.08 Å². The molecule has 7 heteroatoms. The molecule has 27 heavy (non-hydrogen) atoms. The summed E-state index contributed by atoms with van der Waals surface area (Å²) in [7, 11) is 4.62. The molecule has 1 aliphatic heterocycles. The van der Waals surface area contributed by atoms with Gasteiger partial charge in [0, 0.05) is 19.2 Å². The summed E-state index contributed by atoms with van der Waals surface area (Å²) in [5, 5.41) is 0. The number of methoxy groups -OCH3 is 3. The molecule has 1 atom stereocenters. The van der Waals surface area contributed by atoms with Crippen LogP contribution >= 0.6 is 0 Å². The fourth-order valence-corrected chi connectivity index (χ4v) is 3.10. The highest BCUT2D eigenvalue weighted by Crippen LogP contribution is 2.38. The Morgan fingerprint density at radius 3 is 2.37 bits per heavy atom. The van der Waals surface area contributed by atoms with Gasteiger partial charge in [0.2, 0.25) is 11.7 Å². The maximum atomic E-state index is 12.5. The number of hydrogen-bond acceptors (Lipinski definition) is 6. The van der Waals surface area contributed by atoms with Gasteiger partial charge in [-0.05, 0) is 43.5 Å². The van der Waals surface area contributed by atoms with Gasteiger partial charge in [0.1, 0.15) is 0 Å². The second-order valence-electron chi connectivity index (χ2n) is 6.17. The van der Waals surface area contributed by atoms with Crippen LogP contribution in [0.1, 0.15) is 25.3 Å². The van der Waals surface area contributed by atoms with Crippen molar-refractivity contribution in [1.29, 1.82) is 0 Å². The van der Waals surface area contributed by atoms with Crippen molar-refractivity contribution in [3.8, 4) is 17.2 Å². The van der Waals surface area contributed by atoms with Crippen LogP contribution in [0.2, 0.25) is 0 Å². The standard InChI is InChI=1S/C20H27NO6/c1-5-27-20(23)15-7-6-10-21(13-15)18(22)9-8-14-11-16(24-2)19(26-4)17(12-14)25-3/h8-9,11-12,15H,5-7,10,13H2,1-4H3/b9-8+/t15-/m1/s1. The third-order valence-corrected chi connectivity index (χ3v) is 4.46. The summed E-state index contributed by atoms with van der Waals surface area (Å²) in [6.07, 6.45) is 4.72. The average molecular weight is 377 g/mol. The Bertz CT molecular complexity index is 675. The quantitative estimate of drug-likeness (QED) is 0.537. The SMILES string of the molecule is CCOC(=O)[C@@H]1CCCN(C(=O)/C=C/c2cc(OC)c(OC)c(OC)c2)C1. The van der Waals surface area contributed by atoms with Gasteiger partial charge in [0.05, 0.1) is 33.9 Å². The number of esters is 1. The van der Waals surface area contributed by atoms with Crippen LogP contribution in [0.3, 0.4) is 0 Å². The summed E-state index contributed by atoms with van der Waals surface area (Å²) in [6, 6.07) is 3.53. The summed E-state index contributed by atoms with van der Waals surface area (Å²) in [4.78, 5) is 26.1. The molecule has 0 N–H and O–H groups in total. The van der Waals surface area contributed by atoms with Gasteiger partial charge in [-0.3, -0.25) is 9.59 Å². The lowest BCUT2D eigenvalue weighted by Gasteiger charge is -2.30. The highest BCUT2D eigenvalue weighted by atomic mass is 16.5. The van der Waals surface area contributed by atoms with Crippen molar-refractivity contribution in [3.63, 3.8) is 0 Å². The Hall–Kier alpha value is -2.70. The van der Waals surface area contributed by atoms with Gasteiger partial charge in [0.25, 0.3) is 0 Å². The molecule has 1 aromatic carbocycles. The Morgan fingerprint density at radius 2 is 1.81 bits per heavy atom. The minimum atomic E-state index is -0.253. The van der Waals surface area contributed by atoms with Gasteiger partial charge >= 0.3 is 5.97 Å². The minimum absolute atomic E-state index is 0.141. The van der Waals surface area contributed by atoms with Gasteiger partial charge in [-0.1, -0.05) is 0 Å². The minimum Gasteiger partial charge on any atom is -0.493 e. The van der Waals surface area contributed by atoms with Crippen molar-refractivity contribution in [2.45, 2.75) is 19.8 Å². The molecule has 1 aliphatic rings. The van der Waals surface area contributed by atoms with Crippen LogP contribution in [-0.4, -0.2) is 57.8 Å². The van der Waals surface area contributed by atoms with Crippen LogP contribution < -0.4 is 14.2 Å². The molecular weight excluding hydrogens is 350 g/mol. The molecule has 0 saturated carbocycles. The van der Waals surface area contributed by atoms with E-state index in [1.165, 1.54) is 13.2 Å². The fraction of sp³-hybridized carbons (Fsp3) is 0.500. The summed E-state index contributed by atoms with van der Waals surface area (Å²) in [5.74, 6) is 0.906. The van der Waals surface area contributed by atoms with E-state index in [1.807, 2.05) is 0 Å². The van der Waals surface area contributed by atoms with Crippen molar-refractivity contribution in [1.82, 2.24) is 4.90 Å². The third kappa shape index (κ3) is 5.15. The normalized spacial score (nSPS) is 16.9. The summed E-state index contributed by atoms with van der Waals surface area (Å²) >= 11 is 0. The Labute approximate surface area is 159 Å². The molecule has 1 fully saturated rings. The number of likely N-dealkylation sites (tertiary alicyclic amines) is 1. The molecule has 0 spiro atoms.